The number of nitrogens with one attached hydrogen (secondary N) is 1. The zero-order valence-corrected chi connectivity index (χ0v) is 12.4. The van der Waals surface area contributed by atoms with E-state index in [1.807, 2.05) is 0 Å². The molecule has 0 aromatic carbocycles. The van der Waals surface area contributed by atoms with Gasteiger partial charge < -0.3 is 16.0 Å². The van der Waals surface area contributed by atoms with Gasteiger partial charge >= 0.3 is 0 Å². The molecule has 0 bridgehead atoms. The van der Waals surface area contributed by atoms with Gasteiger partial charge in [0.25, 0.3) is 0 Å². The molecule has 1 saturated heterocycles. The van der Waals surface area contributed by atoms with Crippen LogP contribution in [0.3, 0.4) is 0 Å². The van der Waals surface area contributed by atoms with Crippen LogP contribution in [0.2, 0.25) is 0 Å². The lowest BCUT2D eigenvalue weighted by atomic mass is 9.81. The molecular formula is C15H29N3O. The Kier molecular flexibility index (Phi) is 5.22. The summed E-state index contributed by atoms with van der Waals surface area (Å²) in [6, 6.07) is 0.371. The second-order valence-electron chi connectivity index (χ2n) is 6.60. The highest BCUT2D eigenvalue weighted by Crippen LogP contribution is 2.28. The summed E-state index contributed by atoms with van der Waals surface area (Å²) in [5, 5.41) is 3.29. The van der Waals surface area contributed by atoms with Crippen LogP contribution in [-0.4, -0.2) is 43.5 Å². The second kappa shape index (κ2) is 6.71. The van der Waals surface area contributed by atoms with Crippen molar-refractivity contribution in [1.29, 1.82) is 0 Å². The van der Waals surface area contributed by atoms with E-state index in [0.29, 0.717) is 17.9 Å². The Morgan fingerprint density at radius 1 is 1.26 bits per heavy atom. The third-order valence-electron chi connectivity index (χ3n) is 4.99. The molecule has 2 rings (SSSR count). The lowest BCUT2D eigenvalue weighted by Gasteiger charge is -2.36. The second-order valence-corrected chi connectivity index (χ2v) is 6.60. The number of amides is 1. The average molecular weight is 267 g/mol. The first-order valence-corrected chi connectivity index (χ1v) is 7.79. The summed E-state index contributed by atoms with van der Waals surface area (Å²) in [4.78, 5) is 14.7. The topological polar surface area (TPSA) is 58.4 Å². The Balaban J connectivity index is 1.78. The van der Waals surface area contributed by atoms with Crippen LogP contribution in [0.4, 0.5) is 0 Å². The molecular weight excluding hydrogens is 238 g/mol. The summed E-state index contributed by atoms with van der Waals surface area (Å²) in [6.07, 6.45) is 5.38. The number of nitrogens with two attached hydrogens (primary N) is 1. The third kappa shape index (κ3) is 3.93. The van der Waals surface area contributed by atoms with E-state index in [9.17, 15) is 4.79 Å². The highest BCUT2D eigenvalue weighted by Gasteiger charge is 2.30. The van der Waals surface area contributed by atoms with Gasteiger partial charge in [0, 0.05) is 18.5 Å². The minimum atomic E-state index is 0.231. The van der Waals surface area contributed by atoms with Crippen LogP contribution >= 0.6 is 0 Å². The number of carbonyl (C=O) groups is 1. The lowest BCUT2D eigenvalue weighted by molar-refractivity contribution is -0.127. The van der Waals surface area contributed by atoms with Crippen molar-refractivity contribution in [2.75, 3.05) is 26.7 Å². The van der Waals surface area contributed by atoms with Crippen LogP contribution in [0.1, 0.15) is 39.0 Å². The van der Waals surface area contributed by atoms with Crippen molar-refractivity contribution in [3.8, 4) is 0 Å². The molecule has 1 aliphatic carbocycles. The van der Waals surface area contributed by atoms with Crippen LogP contribution in [0.5, 0.6) is 0 Å². The van der Waals surface area contributed by atoms with E-state index < -0.39 is 0 Å². The predicted octanol–water partition coefficient (Wildman–Crippen LogP) is 1.21. The van der Waals surface area contributed by atoms with E-state index in [-0.39, 0.29) is 11.8 Å². The first kappa shape index (κ1) is 14.8. The quantitative estimate of drug-likeness (QED) is 0.808. The first-order chi connectivity index (χ1) is 9.10. The van der Waals surface area contributed by atoms with Crippen molar-refractivity contribution in [3.05, 3.63) is 0 Å². The lowest BCUT2D eigenvalue weighted by Crippen LogP contribution is -2.50. The van der Waals surface area contributed by atoms with Crippen molar-refractivity contribution in [3.63, 3.8) is 0 Å². The summed E-state index contributed by atoms with van der Waals surface area (Å²) in [5.74, 6) is 1.72. The summed E-state index contributed by atoms with van der Waals surface area (Å²) in [5.41, 5.74) is 5.70. The summed E-state index contributed by atoms with van der Waals surface area (Å²) in [6.45, 7) is 5.20. The fourth-order valence-corrected chi connectivity index (χ4v) is 3.53. The molecule has 3 N–H and O–H groups in total. The molecule has 19 heavy (non-hydrogen) atoms. The molecule has 4 heteroatoms. The molecule has 110 valence electrons. The van der Waals surface area contributed by atoms with Crippen molar-refractivity contribution >= 4 is 5.91 Å². The van der Waals surface area contributed by atoms with Crippen molar-refractivity contribution in [1.82, 2.24) is 10.2 Å². The smallest absolute Gasteiger partial charge is 0.223 e. The van der Waals surface area contributed by atoms with Gasteiger partial charge in [-0.05, 0) is 64.1 Å². The molecule has 2 fully saturated rings. The molecule has 2 atom stereocenters. The molecule has 1 saturated carbocycles. The summed E-state index contributed by atoms with van der Waals surface area (Å²) >= 11 is 0. The molecule has 2 unspecified atom stereocenters. The number of carbonyl (C=O) groups excluding carboxylic acids is 1. The average Bonchev–Trinajstić information content (AvgIpc) is 2.42. The van der Waals surface area contributed by atoms with Gasteiger partial charge in [0.2, 0.25) is 5.91 Å². The van der Waals surface area contributed by atoms with Gasteiger partial charge in [0.05, 0.1) is 0 Å². The van der Waals surface area contributed by atoms with E-state index in [1.165, 1.54) is 0 Å². The van der Waals surface area contributed by atoms with Crippen LogP contribution in [-0.2, 0) is 4.79 Å². The fourth-order valence-electron chi connectivity index (χ4n) is 3.53. The van der Waals surface area contributed by atoms with E-state index in [4.69, 9.17) is 5.73 Å². The molecule has 2 aliphatic rings. The van der Waals surface area contributed by atoms with Gasteiger partial charge in [-0.1, -0.05) is 6.92 Å². The first-order valence-electron chi connectivity index (χ1n) is 7.79. The maximum Gasteiger partial charge on any atom is 0.223 e. The molecule has 1 aliphatic heterocycles. The van der Waals surface area contributed by atoms with Gasteiger partial charge in [-0.15, -0.1) is 0 Å². The van der Waals surface area contributed by atoms with E-state index in [0.717, 1.165) is 51.7 Å². The molecule has 0 aromatic rings. The van der Waals surface area contributed by atoms with Crippen LogP contribution in [0, 0.1) is 17.8 Å². The van der Waals surface area contributed by atoms with Gasteiger partial charge in [0.15, 0.2) is 0 Å². The fraction of sp³-hybridized carbons (Fsp3) is 0.933. The maximum absolute atomic E-state index is 12.3. The van der Waals surface area contributed by atoms with Crippen molar-refractivity contribution in [2.45, 2.75) is 45.1 Å². The number of piperidine rings is 1. The highest BCUT2D eigenvalue weighted by molar-refractivity contribution is 5.79. The summed E-state index contributed by atoms with van der Waals surface area (Å²) < 4.78 is 0. The number of hydrogen-bond donors (Lipinski definition) is 2. The Hall–Kier alpha value is -0.610. The Bertz CT molecular complexity index is 300. The van der Waals surface area contributed by atoms with Crippen molar-refractivity contribution < 1.29 is 4.79 Å². The minimum Gasteiger partial charge on any atom is -0.353 e. The molecule has 0 spiro atoms. The molecule has 0 aromatic heterocycles. The standard InChI is InChI=1S/C15H29N3O/c1-11-10-18(2)8-7-14(11)17-15(19)13-5-3-12(9-16)4-6-13/h11-14H,3-10,16H2,1-2H3,(H,17,19). The maximum atomic E-state index is 12.3. The van der Waals surface area contributed by atoms with E-state index in [2.05, 4.69) is 24.2 Å². The Labute approximate surface area is 117 Å². The number of hydrogen-bond acceptors (Lipinski definition) is 3. The monoisotopic (exact) mass is 267 g/mol. The van der Waals surface area contributed by atoms with Gasteiger partial charge in [-0.3, -0.25) is 4.79 Å². The zero-order chi connectivity index (χ0) is 13.8. The van der Waals surface area contributed by atoms with Crippen molar-refractivity contribution in [2.24, 2.45) is 23.5 Å². The van der Waals surface area contributed by atoms with Crippen LogP contribution < -0.4 is 11.1 Å². The molecule has 1 heterocycles. The Morgan fingerprint density at radius 2 is 1.95 bits per heavy atom. The van der Waals surface area contributed by atoms with Crippen LogP contribution in [0.15, 0.2) is 0 Å². The number of nitrogens with zero attached hydrogens (tertiary/aromatic N) is 1. The molecule has 0 radical (unpaired) electrons. The predicted molar refractivity (Wildman–Crippen MR) is 77.7 cm³/mol. The Morgan fingerprint density at radius 3 is 2.53 bits per heavy atom. The van der Waals surface area contributed by atoms with E-state index >= 15 is 0 Å². The number of likely N-dealkylation sites (tertiary alicyclic amines) is 1. The SMILES string of the molecule is CC1CN(C)CCC1NC(=O)C1CCC(CN)CC1. The molecule has 4 nitrogen and oxygen atoms in total. The largest absolute Gasteiger partial charge is 0.353 e. The normalized spacial score (nSPS) is 37.0. The van der Waals surface area contributed by atoms with Gasteiger partial charge in [-0.25, -0.2) is 0 Å². The minimum absolute atomic E-state index is 0.231. The zero-order valence-electron chi connectivity index (χ0n) is 12.4. The van der Waals surface area contributed by atoms with Gasteiger partial charge in [-0.2, -0.15) is 0 Å². The summed E-state index contributed by atoms with van der Waals surface area (Å²) in [7, 11) is 2.16. The molecule has 1 amide bonds. The highest BCUT2D eigenvalue weighted by atomic mass is 16.1. The van der Waals surface area contributed by atoms with Crippen LogP contribution in [0.25, 0.3) is 0 Å². The number of rotatable bonds is 3. The third-order valence-corrected chi connectivity index (χ3v) is 4.99. The van der Waals surface area contributed by atoms with E-state index in [1.54, 1.807) is 0 Å². The van der Waals surface area contributed by atoms with Gasteiger partial charge in [0.1, 0.15) is 0 Å².